The Morgan fingerprint density at radius 2 is 1.45 bits per heavy atom. The molecule has 0 aliphatic rings. The predicted octanol–water partition coefficient (Wildman–Crippen LogP) is 1.27. The Labute approximate surface area is 193 Å². The SMILES string of the molecule is CC(C)C(NC(=O)CNC(=O)C(Cc1ccccc1)NC(=O)OCc1ccccc1)C(N)=O. The minimum Gasteiger partial charge on any atom is -0.445 e. The van der Waals surface area contributed by atoms with E-state index in [4.69, 9.17) is 10.5 Å². The Morgan fingerprint density at radius 1 is 0.879 bits per heavy atom. The van der Waals surface area contributed by atoms with Gasteiger partial charge in [0.2, 0.25) is 17.7 Å². The van der Waals surface area contributed by atoms with Gasteiger partial charge in [0.1, 0.15) is 18.7 Å². The average Bonchev–Trinajstić information content (AvgIpc) is 2.80. The quantitative estimate of drug-likeness (QED) is 0.405. The molecule has 0 fully saturated rings. The van der Waals surface area contributed by atoms with Crippen molar-refractivity contribution in [2.75, 3.05) is 6.54 Å². The molecule has 2 aromatic carbocycles. The molecule has 33 heavy (non-hydrogen) atoms. The van der Waals surface area contributed by atoms with Gasteiger partial charge in [-0.1, -0.05) is 74.5 Å². The number of benzene rings is 2. The van der Waals surface area contributed by atoms with E-state index in [0.29, 0.717) is 0 Å². The van der Waals surface area contributed by atoms with Crippen LogP contribution in [-0.2, 0) is 32.1 Å². The van der Waals surface area contributed by atoms with Crippen molar-refractivity contribution in [3.63, 3.8) is 0 Å². The van der Waals surface area contributed by atoms with Crippen molar-refractivity contribution in [1.29, 1.82) is 0 Å². The molecule has 5 N–H and O–H groups in total. The van der Waals surface area contributed by atoms with Crippen molar-refractivity contribution in [2.45, 2.75) is 39.0 Å². The number of primary amides is 1. The molecular weight excluding hydrogens is 424 g/mol. The number of hydrogen-bond donors (Lipinski definition) is 4. The molecule has 9 nitrogen and oxygen atoms in total. The number of ether oxygens (including phenoxy) is 1. The van der Waals surface area contributed by atoms with Gasteiger partial charge in [-0.15, -0.1) is 0 Å². The summed E-state index contributed by atoms with van der Waals surface area (Å²) in [5, 5.41) is 7.55. The van der Waals surface area contributed by atoms with Crippen LogP contribution in [0, 0.1) is 5.92 Å². The summed E-state index contributed by atoms with van der Waals surface area (Å²) in [5.74, 6) is -1.99. The maximum Gasteiger partial charge on any atom is 0.408 e. The van der Waals surface area contributed by atoms with Crippen LogP contribution in [0.4, 0.5) is 4.79 Å². The van der Waals surface area contributed by atoms with Gasteiger partial charge in [-0.25, -0.2) is 4.79 Å². The summed E-state index contributed by atoms with van der Waals surface area (Å²) in [5.41, 5.74) is 6.93. The van der Waals surface area contributed by atoms with Gasteiger partial charge in [-0.05, 0) is 17.0 Å². The van der Waals surface area contributed by atoms with Crippen LogP contribution in [-0.4, -0.2) is 42.4 Å². The lowest BCUT2D eigenvalue weighted by Crippen LogP contribution is -2.53. The zero-order valence-corrected chi connectivity index (χ0v) is 18.7. The summed E-state index contributed by atoms with van der Waals surface area (Å²) >= 11 is 0. The summed E-state index contributed by atoms with van der Waals surface area (Å²) in [7, 11) is 0. The Morgan fingerprint density at radius 3 is 2.00 bits per heavy atom. The van der Waals surface area contributed by atoms with Gasteiger partial charge in [0.15, 0.2) is 0 Å². The Bertz CT molecular complexity index is 934. The standard InChI is InChI=1S/C24H30N4O5/c1-16(2)21(22(25)30)28-20(29)14-26-23(31)19(13-17-9-5-3-6-10-17)27-24(32)33-15-18-11-7-4-8-12-18/h3-12,16,19,21H,13-15H2,1-2H3,(H2,25,30)(H,26,31)(H,27,32)(H,28,29). The zero-order chi connectivity index (χ0) is 24.2. The number of nitrogens with two attached hydrogens (primary N) is 1. The van der Waals surface area contributed by atoms with Gasteiger partial charge in [0, 0.05) is 6.42 Å². The van der Waals surface area contributed by atoms with Crippen LogP contribution in [0.25, 0.3) is 0 Å². The topological polar surface area (TPSA) is 140 Å². The van der Waals surface area contributed by atoms with E-state index >= 15 is 0 Å². The second-order valence-electron chi connectivity index (χ2n) is 7.86. The first-order chi connectivity index (χ1) is 15.8. The van der Waals surface area contributed by atoms with E-state index in [1.54, 1.807) is 13.8 Å². The first-order valence-electron chi connectivity index (χ1n) is 10.6. The maximum absolute atomic E-state index is 12.8. The second kappa shape index (κ2) is 12.8. The lowest BCUT2D eigenvalue weighted by molar-refractivity contribution is -0.129. The molecule has 2 rings (SSSR count). The first-order valence-corrected chi connectivity index (χ1v) is 10.6. The van der Waals surface area contributed by atoms with E-state index in [9.17, 15) is 19.2 Å². The molecule has 0 saturated carbocycles. The van der Waals surface area contributed by atoms with Gasteiger partial charge < -0.3 is 26.4 Å². The fraction of sp³-hybridized carbons (Fsp3) is 0.333. The maximum atomic E-state index is 12.8. The molecule has 0 aliphatic carbocycles. The molecule has 2 unspecified atom stereocenters. The van der Waals surface area contributed by atoms with E-state index in [1.165, 1.54) is 0 Å². The number of nitrogens with one attached hydrogen (secondary N) is 3. The van der Waals surface area contributed by atoms with Gasteiger partial charge in [0.25, 0.3) is 0 Å². The third-order valence-electron chi connectivity index (χ3n) is 4.82. The van der Waals surface area contributed by atoms with E-state index in [0.717, 1.165) is 11.1 Å². The minimum absolute atomic E-state index is 0.0540. The van der Waals surface area contributed by atoms with Crippen molar-refractivity contribution >= 4 is 23.8 Å². The molecule has 2 atom stereocenters. The lowest BCUT2D eigenvalue weighted by Gasteiger charge is -2.21. The number of amides is 4. The second-order valence-corrected chi connectivity index (χ2v) is 7.86. The number of carbonyl (C=O) groups excluding carboxylic acids is 4. The molecule has 0 radical (unpaired) electrons. The molecular formula is C24H30N4O5. The van der Waals surface area contributed by atoms with Gasteiger partial charge in [0.05, 0.1) is 6.54 Å². The van der Waals surface area contributed by atoms with E-state index < -0.39 is 35.9 Å². The van der Waals surface area contributed by atoms with E-state index in [1.807, 2.05) is 60.7 Å². The average molecular weight is 455 g/mol. The van der Waals surface area contributed by atoms with Crippen molar-refractivity contribution in [2.24, 2.45) is 11.7 Å². The van der Waals surface area contributed by atoms with Crippen LogP contribution in [0.1, 0.15) is 25.0 Å². The van der Waals surface area contributed by atoms with Gasteiger partial charge >= 0.3 is 6.09 Å². The third kappa shape index (κ3) is 9.02. The van der Waals surface area contributed by atoms with Crippen LogP contribution in [0.15, 0.2) is 60.7 Å². The van der Waals surface area contributed by atoms with E-state index in [2.05, 4.69) is 16.0 Å². The van der Waals surface area contributed by atoms with E-state index in [-0.39, 0.29) is 25.5 Å². The van der Waals surface area contributed by atoms with Crippen LogP contribution >= 0.6 is 0 Å². The molecule has 0 heterocycles. The lowest BCUT2D eigenvalue weighted by atomic mass is 10.0. The molecule has 176 valence electrons. The minimum atomic E-state index is -0.972. The van der Waals surface area contributed by atoms with Crippen LogP contribution in [0.5, 0.6) is 0 Å². The van der Waals surface area contributed by atoms with Gasteiger partial charge in [-0.2, -0.15) is 0 Å². The van der Waals surface area contributed by atoms with Crippen molar-refractivity contribution in [3.05, 3.63) is 71.8 Å². The molecule has 4 amide bonds. The van der Waals surface area contributed by atoms with Crippen LogP contribution in [0.3, 0.4) is 0 Å². The highest BCUT2D eigenvalue weighted by Crippen LogP contribution is 2.06. The summed E-state index contributed by atoms with van der Waals surface area (Å²) in [6, 6.07) is 16.5. The molecule has 2 aromatic rings. The molecule has 0 aromatic heterocycles. The number of rotatable bonds is 11. The van der Waals surface area contributed by atoms with Gasteiger partial charge in [-0.3, -0.25) is 14.4 Å². The van der Waals surface area contributed by atoms with Crippen LogP contribution in [0.2, 0.25) is 0 Å². The summed E-state index contributed by atoms with van der Waals surface area (Å²) in [4.78, 5) is 48.7. The van der Waals surface area contributed by atoms with Crippen molar-refractivity contribution < 1.29 is 23.9 Å². The van der Waals surface area contributed by atoms with Crippen LogP contribution < -0.4 is 21.7 Å². The van der Waals surface area contributed by atoms with Crippen molar-refractivity contribution in [3.8, 4) is 0 Å². The summed E-state index contributed by atoms with van der Waals surface area (Å²) < 4.78 is 5.22. The molecule has 0 saturated heterocycles. The Kier molecular flexibility index (Phi) is 9.88. The molecule has 0 aliphatic heterocycles. The predicted molar refractivity (Wildman–Crippen MR) is 123 cm³/mol. The highest BCUT2D eigenvalue weighted by molar-refractivity contribution is 5.91. The number of hydrogen-bond acceptors (Lipinski definition) is 5. The fourth-order valence-electron chi connectivity index (χ4n) is 3.05. The molecule has 0 bridgehead atoms. The molecule has 0 spiro atoms. The summed E-state index contributed by atoms with van der Waals surface area (Å²) in [6.45, 7) is 3.17. The molecule has 9 heteroatoms. The normalized spacial score (nSPS) is 12.3. The Hall–Kier alpha value is -3.88. The fourth-order valence-corrected chi connectivity index (χ4v) is 3.05. The highest BCUT2D eigenvalue weighted by Gasteiger charge is 2.25. The first kappa shape index (κ1) is 25.4. The number of alkyl carbamates (subject to hydrolysis) is 1. The zero-order valence-electron chi connectivity index (χ0n) is 18.7. The smallest absolute Gasteiger partial charge is 0.408 e. The van der Waals surface area contributed by atoms with Crippen molar-refractivity contribution in [1.82, 2.24) is 16.0 Å². The Balaban J connectivity index is 1.97. The monoisotopic (exact) mass is 454 g/mol. The largest absolute Gasteiger partial charge is 0.445 e. The third-order valence-corrected chi connectivity index (χ3v) is 4.82. The summed E-state index contributed by atoms with van der Waals surface area (Å²) in [6.07, 6.45) is -0.557. The highest BCUT2D eigenvalue weighted by atomic mass is 16.5. The number of carbonyl (C=O) groups is 4.